The zero-order valence-corrected chi connectivity index (χ0v) is 14.8. The lowest BCUT2D eigenvalue weighted by Crippen LogP contribution is -2.39. The first-order valence-electron chi connectivity index (χ1n) is 9.21. The van der Waals surface area contributed by atoms with Gasteiger partial charge < -0.3 is 24.3 Å². The van der Waals surface area contributed by atoms with Crippen LogP contribution >= 0.6 is 0 Å². The fourth-order valence-corrected chi connectivity index (χ4v) is 3.52. The highest BCUT2D eigenvalue weighted by atomic mass is 16.5. The Morgan fingerprint density at radius 1 is 1.27 bits per heavy atom. The van der Waals surface area contributed by atoms with Crippen molar-refractivity contribution in [1.82, 2.24) is 15.2 Å². The molecule has 0 spiro atoms. The number of amides is 2. The molecule has 7 heteroatoms. The molecule has 4 rings (SSSR count). The van der Waals surface area contributed by atoms with Crippen molar-refractivity contribution >= 4 is 11.8 Å². The van der Waals surface area contributed by atoms with Crippen LogP contribution in [0.25, 0.3) is 0 Å². The minimum Gasteiger partial charge on any atom is -0.485 e. The van der Waals surface area contributed by atoms with Crippen molar-refractivity contribution in [1.29, 1.82) is 0 Å². The number of carbonyl (C=O) groups is 1. The number of pyridine rings is 1. The second kappa shape index (κ2) is 7.68. The summed E-state index contributed by atoms with van der Waals surface area (Å²) < 4.78 is 11.4. The maximum Gasteiger partial charge on any atom is 0.317 e. The highest BCUT2D eigenvalue weighted by molar-refractivity contribution is 5.74. The van der Waals surface area contributed by atoms with Crippen molar-refractivity contribution in [2.24, 2.45) is 0 Å². The first kappa shape index (κ1) is 16.8. The molecule has 138 valence electrons. The zero-order chi connectivity index (χ0) is 17.8. The van der Waals surface area contributed by atoms with E-state index in [9.17, 15) is 4.79 Å². The van der Waals surface area contributed by atoms with Crippen molar-refractivity contribution in [3.8, 4) is 5.75 Å². The van der Waals surface area contributed by atoms with Crippen molar-refractivity contribution in [2.45, 2.75) is 31.9 Å². The van der Waals surface area contributed by atoms with Crippen LogP contribution in [0.1, 0.15) is 25.0 Å². The van der Waals surface area contributed by atoms with E-state index in [0.717, 1.165) is 36.8 Å². The summed E-state index contributed by atoms with van der Waals surface area (Å²) in [4.78, 5) is 20.9. The molecular weight excluding hydrogens is 332 g/mol. The molecule has 1 N–H and O–H groups in total. The van der Waals surface area contributed by atoms with Crippen molar-refractivity contribution in [2.75, 3.05) is 31.1 Å². The van der Waals surface area contributed by atoms with E-state index in [1.807, 2.05) is 30.5 Å². The minimum atomic E-state index is -0.0848. The molecule has 2 saturated heterocycles. The molecule has 2 aromatic heterocycles. The third-order valence-corrected chi connectivity index (χ3v) is 4.88. The number of hydrogen-bond acceptors (Lipinski definition) is 5. The fourth-order valence-electron chi connectivity index (χ4n) is 3.52. The van der Waals surface area contributed by atoms with Crippen LogP contribution in [0.5, 0.6) is 5.75 Å². The van der Waals surface area contributed by atoms with E-state index >= 15 is 0 Å². The predicted molar refractivity (Wildman–Crippen MR) is 97.2 cm³/mol. The standard InChI is InChI=1S/C19H24N4O3/c24-19(21-13-15-5-4-12-25-15)23-11-7-16(14-23)26-17-6-3-8-20-18(17)22-9-1-2-10-22/h3-6,8,12,16H,1-2,7,9-11,13-14H2,(H,21,24)/t16-/m1/s1. The quantitative estimate of drug-likeness (QED) is 0.892. The number of urea groups is 1. The van der Waals surface area contributed by atoms with Crippen molar-refractivity contribution in [3.63, 3.8) is 0 Å². The van der Waals surface area contributed by atoms with Gasteiger partial charge in [0.25, 0.3) is 0 Å². The van der Waals surface area contributed by atoms with E-state index in [1.165, 1.54) is 12.8 Å². The number of nitrogens with one attached hydrogen (secondary N) is 1. The number of likely N-dealkylation sites (tertiary alicyclic amines) is 1. The molecule has 0 aromatic carbocycles. The number of furan rings is 1. The third-order valence-electron chi connectivity index (χ3n) is 4.88. The number of carbonyl (C=O) groups excluding carboxylic acids is 1. The van der Waals surface area contributed by atoms with Crippen molar-refractivity contribution < 1.29 is 13.9 Å². The molecule has 0 saturated carbocycles. The van der Waals surface area contributed by atoms with E-state index in [0.29, 0.717) is 19.6 Å². The number of anilines is 1. The number of ether oxygens (including phenoxy) is 1. The number of hydrogen-bond donors (Lipinski definition) is 1. The van der Waals surface area contributed by atoms with Gasteiger partial charge >= 0.3 is 6.03 Å². The number of rotatable bonds is 5. The summed E-state index contributed by atoms with van der Waals surface area (Å²) in [6, 6.07) is 7.45. The Balaban J connectivity index is 1.32. The van der Waals surface area contributed by atoms with Gasteiger partial charge in [0.15, 0.2) is 11.6 Å². The van der Waals surface area contributed by atoms with Gasteiger partial charge in [0.05, 0.1) is 19.4 Å². The molecule has 2 aliphatic heterocycles. The SMILES string of the molecule is O=C(NCc1ccco1)N1CC[C@@H](Oc2cccnc2N2CCCC2)C1. The molecule has 1 atom stereocenters. The highest BCUT2D eigenvalue weighted by Gasteiger charge is 2.29. The van der Waals surface area contributed by atoms with E-state index in [2.05, 4.69) is 15.2 Å². The van der Waals surface area contributed by atoms with Crippen LogP contribution in [-0.2, 0) is 6.54 Å². The van der Waals surface area contributed by atoms with E-state index in [-0.39, 0.29) is 12.1 Å². The predicted octanol–water partition coefficient (Wildman–Crippen LogP) is 2.64. The van der Waals surface area contributed by atoms with Crippen molar-refractivity contribution in [3.05, 3.63) is 42.5 Å². The van der Waals surface area contributed by atoms with E-state index < -0.39 is 0 Å². The highest BCUT2D eigenvalue weighted by Crippen LogP contribution is 2.30. The summed E-state index contributed by atoms with van der Waals surface area (Å²) in [6.07, 6.45) is 6.63. The lowest BCUT2D eigenvalue weighted by atomic mass is 10.3. The lowest BCUT2D eigenvalue weighted by molar-refractivity contribution is 0.186. The van der Waals surface area contributed by atoms with Gasteiger partial charge in [-0.2, -0.15) is 0 Å². The monoisotopic (exact) mass is 356 g/mol. The minimum absolute atomic E-state index is 0.00471. The third kappa shape index (κ3) is 3.76. The molecular formula is C19H24N4O3. The topological polar surface area (TPSA) is 70.8 Å². The Labute approximate surface area is 152 Å². The average Bonchev–Trinajstić information content (AvgIpc) is 3.42. The summed E-state index contributed by atoms with van der Waals surface area (Å²) in [6.45, 7) is 3.72. The van der Waals surface area contributed by atoms with E-state index in [1.54, 1.807) is 11.2 Å². The molecule has 2 fully saturated rings. The van der Waals surface area contributed by atoms with Gasteiger partial charge in [-0.15, -0.1) is 0 Å². The second-order valence-corrected chi connectivity index (χ2v) is 6.73. The summed E-state index contributed by atoms with van der Waals surface area (Å²) >= 11 is 0. The van der Waals surface area contributed by atoms with Gasteiger partial charge in [-0.25, -0.2) is 9.78 Å². The normalized spacial score (nSPS) is 19.8. The van der Waals surface area contributed by atoms with Crippen LogP contribution in [-0.4, -0.2) is 48.2 Å². The Kier molecular flexibility index (Phi) is 4.95. The first-order chi connectivity index (χ1) is 12.8. The van der Waals surface area contributed by atoms with Crippen LogP contribution in [0.2, 0.25) is 0 Å². The summed E-state index contributed by atoms with van der Waals surface area (Å²) in [5, 5.41) is 2.88. The molecule has 2 amide bonds. The Morgan fingerprint density at radius 3 is 2.96 bits per heavy atom. The van der Waals surface area contributed by atoms with Crippen LogP contribution in [0, 0.1) is 0 Å². The Bertz CT molecular complexity index is 728. The molecule has 0 radical (unpaired) electrons. The first-order valence-corrected chi connectivity index (χ1v) is 9.21. The largest absolute Gasteiger partial charge is 0.485 e. The van der Waals surface area contributed by atoms with Gasteiger partial charge in [0.2, 0.25) is 0 Å². The zero-order valence-electron chi connectivity index (χ0n) is 14.8. The van der Waals surface area contributed by atoms with E-state index in [4.69, 9.17) is 9.15 Å². The Hall–Kier alpha value is -2.70. The lowest BCUT2D eigenvalue weighted by Gasteiger charge is -2.22. The van der Waals surface area contributed by atoms with Gasteiger partial charge in [0, 0.05) is 32.3 Å². The molecule has 4 heterocycles. The summed E-state index contributed by atoms with van der Waals surface area (Å²) in [5.74, 6) is 2.49. The number of aromatic nitrogens is 1. The molecule has 2 aliphatic rings. The van der Waals surface area contributed by atoms with Crippen LogP contribution in [0.3, 0.4) is 0 Å². The molecule has 7 nitrogen and oxygen atoms in total. The second-order valence-electron chi connectivity index (χ2n) is 6.73. The smallest absolute Gasteiger partial charge is 0.317 e. The summed E-state index contributed by atoms with van der Waals surface area (Å²) in [7, 11) is 0. The Morgan fingerprint density at radius 2 is 2.15 bits per heavy atom. The maximum absolute atomic E-state index is 12.3. The molecule has 0 aliphatic carbocycles. The van der Waals surface area contributed by atoms with Gasteiger partial charge in [-0.3, -0.25) is 0 Å². The van der Waals surface area contributed by atoms with Crippen LogP contribution < -0.4 is 15.0 Å². The van der Waals surface area contributed by atoms with Crippen LogP contribution in [0.4, 0.5) is 10.6 Å². The van der Waals surface area contributed by atoms with Gasteiger partial charge in [-0.05, 0) is 37.1 Å². The summed E-state index contributed by atoms with van der Waals surface area (Å²) in [5.41, 5.74) is 0. The molecule has 2 aromatic rings. The van der Waals surface area contributed by atoms with Gasteiger partial charge in [-0.1, -0.05) is 0 Å². The molecule has 0 unspecified atom stereocenters. The van der Waals surface area contributed by atoms with Gasteiger partial charge in [0.1, 0.15) is 11.9 Å². The van der Waals surface area contributed by atoms with Crippen LogP contribution in [0.15, 0.2) is 41.1 Å². The molecule has 0 bridgehead atoms. The maximum atomic E-state index is 12.3. The molecule has 26 heavy (non-hydrogen) atoms. The fraction of sp³-hybridized carbons (Fsp3) is 0.474. The average molecular weight is 356 g/mol. The number of nitrogens with zero attached hydrogens (tertiary/aromatic N) is 3.